The Morgan fingerprint density at radius 1 is 1.00 bits per heavy atom. The van der Waals surface area contributed by atoms with E-state index in [4.69, 9.17) is 4.74 Å². The fraction of sp³-hybridized carbons (Fsp3) is 0.0667. The lowest BCUT2D eigenvalue weighted by molar-refractivity contribution is 0.484. The van der Waals surface area contributed by atoms with E-state index in [0.29, 0.717) is 0 Å². The molecule has 17 heavy (non-hydrogen) atoms. The third kappa shape index (κ3) is 3.11. The average Bonchev–Trinajstić information content (AvgIpc) is 2.39. The molecule has 0 saturated heterocycles. The van der Waals surface area contributed by atoms with Crippen LogP contribution in [0.3, 0.4) is 0 Å². The SMILES string of the molecule is C=CCNc1ccccc1Oc1ccccc1. The number of para-hydroxylation sites is 3. The molecule has 0 amide bonds. The van der Waals surface area contributed by atoms with Gasteiger partial charge in [0.2, 0.25) is 0 Å². The second-order valence-corrected chi connectivity index (χ2v) is 3.58. The first-order valence-corrected chi connectivity index (χ1v) is 5.57. The molecule has 0 unspecified atom stereocenters. The largest absolute Gasteiger partial charge is 0.455 e. The highest BCUT2D eigenvalue weighted by atomic mass is 16.5. The van der Waals surface area contributed by atoms with Crippen molar-refractivity contribution in [1.82, 2.24) is 0 Å². The lowest BCUT2D eigenvalue weighted by atomic mass is 10.3. The predicted molar refractivity (Wildman–Crippen MR) is 71.6 cm³/mol. The second-order valence-electron chi connectivity index (χ2n) is 3.58. The highest BCUT2D eigenvalue weighted by Crippen LogP contribution is 2.28. The summed E-state index contributed by atoms with van der Waals surface area (Å²) in [5, 5.41) is 3.24. The molecule has 0 bridgehead atoms. The van der Waals surface area contributed by atoms with Crippen LogP contribution >= 0.6 is 0 Å². The van der Waals surface area contributed by atoms with Crippen LogP contribution in [0, 0.1) is 0 Å². The summed E-state index contributed by atoms with van der Waals surface area (Å²) in [5.74, 6) is 1.65. The van der Waals surface area contributed by atoms with Gasteiger partial charge in [0.25, 0.3) is 0 Å². The van der Waals surface area contributed by atoms with Crippen molar-refractivity contribution in [2.45, 2.75) is 0 Å². The zero-order chi connectivity index (χ0) is 11.9. The number of nitrogens with one attached hydrogen (secondary N) is 1. The number of hydrogen-bond acceptors (Lipinski definition) is 2. The van der Waals surface area contributed by atoms with E-state index in [9.17, 15) is 0 Å². The summed E-state index contributed by atoms with van der Waals surface area (Å²) in [5.41, 5.74) is 0.969. The molecule has 0 radical (unpaired) electrons. The van der Waals surface area contributed by atoms with Gasteiger partial charge >= 0.3 is 0 Å². The predicted octanol–water partition coefficient (Wildman–Crippen LogP) is 4.08. The Kier molecular flexibility index (Phi) is 3.81. The molecule has 2 aromatic rings. The van der Waals surface area contributed by atoms with Crippen LogP contribution in [0.15, 0.2) is 67.3 Å². The van der Waals surface area contributed by atoms with Gasteiger partial charge in [0.1, 0.15) is 5.75 Å². The lowest BCUT2D eigenvalue weighted by Gasteiger charge is -2.11. The van der Waals surface area contributed by atoms with E-state index < -0.39 is 0 Å². The van der Waals surface area contributed by atoms with Gasteiger partial charge in [0.05, 0.1) is 5.69 Å². The van der Waals surface area contributed by atoms with E-state index in [0.717, 1.165) is 23.7 Å². The molecular weight excluding hydrogens is 210 g/mol. The summed E-state index contributed by atoms with van der Waals surface area (Å²) in [6.07, 6.45) is 1.82. The van der Waals surface area contributed by atoms with Crippen molar-refractivity contribution in [3.05, 3.63) is 67.3 Å². The van der Waals surface area contributed by atoms with Crippen LogP contribution in [0.1, 0.15) is 0 Å². The highest BCUT2D eigenvalue weighted by molar-refractivity contribution is 5.57. The van der Waals surface area contributed by atoms with Crippen LogP contribution in [0.2, 0.25) is 0 Å². The summed E-state index contributed by atoms with van der Waals surface area (Å²) in [6.45, 7) is 4.40. The van der Waals surface area contributed by atoms with Crippen molar-refractivity contribution in [3.8, 4) is 11.5 Å². The maximum absolute atomic E-state index is 5.81. The first-order valence-electron chi connectivity index (χ1n) is 5.57. The number of ether oxygens (including phenoxy) is 1. The Bertz CT molecular complexity index is 479. The number of anilines is 1. The van der Waals surface area contributed by atoms with Gasteiger partial charge in [-0.3, -0.25) is 0 Å². The normalized spacial score (nSPS) is 9.65. The summed E-state index contributed by atoms with van der Waals surface area (Å²) in [7, 11) is 0. The Morgan fingerprint density at radius 3 is 2.47 bits per heavy atom. The maximum Gasteiger partial charge on any atom is 0.150 e. The quantitative estimate of drug-likeness (QED) is 0.774. The van der Waals surface area contributed by atoms with Gasteiger partial charge in [-0.15, -0.1) is 6.58 Å². The fourth-order valence-electron chi connectivity index (χ4n) is 1.50. The molecule has 2 aromatic carbocycles. The van der Waals surface area contributed by atoms with Crippen LogP contribution in [-0.2, 0) is 0 Å². The molecule has 0 heterocycles. The Balaban J connectivity index is 2.17. The van der Waals surface area contributed by atoms with Gasteiger partial charge < -0.3 is 10.1 Å². The summed E-state index contributed by atoms with van der Waals surface area (Å²) >= 11 is 0. The minimum absolute atomic E-state index is 0.717. The van der Waals surface area contributed by atoms with E-state index in [1.54, 1.807) is 0 Å². The zero-order valence-electron chi connectivity index (χ0n) is 9.60. The molecule has 2 nitrogen and oxygen atoms in total. The molecule has 0 aliphatic heterocycles. The molecule has 0 aromatic heterocycles. The van der Waals surface area contributed by atoms with E-state index in [-0.39, 0.29) is 0 Å². The minimum atomic E-state index is 0.717. The van der Waals surface area contributed by atoms with Gasteiger partial charge in [-0.2, -0.15) is 0 Å². The smallest absolute Gasteiger partial charge is 0.150 e. The molecule has 0 saturated carbocycles. The number of hydrogen-bond donors (Lipinski definition) is 1. The minimum Gasteiger partial charge on any atom is -0.455 e. The molecule has 0 atom stereocenters. The third-order valence-corrected chi connectivity index (χ3v) is 2.29. The van der Waals surface area contributed by atoms with E-state index in [1.807, 2.05) is 60.7 Å². The van der Waals surface area contributed by atoms with Crippen molar-refractivity contribution in [1.29, 1.82) is 0 Å². The summed E-state index contributed by atoms with van der Waals surface area (Å²) < 4.78 is 5.81. The molecule has 0 fully saturated rings. The fourth-order valence-corrected chi connectivity index (χ4v) is 1.50. The average molecular weight is 225 g/mol. The summed E-state index contributed by atoms with van der Waals surface area (Å²) in [6, 6.07) is 17.6. The van der Waals surface area contributed by atoms with Crippen molar-refractivity contribution in [2.24, 2.45) is 0 Å². The van der Waals surface area contributed by atoms with Crippen molar-refractivity contribution >= 4 is 5.69 Å². The van der Waals surface area contributed by atoms with Crippen LogP contribution in [-0.4, -0.2) is 6.54 Å². The topological polar surface area (TPSA) is 21.3 Å². The zero-order valence-corrected chi connectivity index (χ0v) is 9.60. The maximum atomic E-state index is 5.81. The molecular formula is C15H15NO. The van der Waals surface area contributed by atoms with Crippen molar-refractivity contribution in [2.75, 3.05) is 11.9 Å². The standard InChI is InChI=1S/C15H15NO/c1-2-12-16-14-10-6-7-11-15(14)17-13-8-4-3-5-9-13/h2-11,16H,1,12H2. The number of rotatable bonds is 5. The molecule has 0 aliphatic carbocycles. The molecule has 2 heteroatoms. The Hall–Kier alpha value is -2.22. The van der Waals surface area contributed by atoms with Crippen LogP contribution in [0.5, 0.6) is 11.5 Å². The van der Waals surface area contributed by atoms with Crippen LogP contribution in [0.4, 0.5) is 5.69 Å². The van der Waals surface area contributed by atoms with E-state index in [1.165, 1.54) is 0 Å². The third-order valence-electron chi connectivity index (χ3n) is 2.29. The first-order chi connectivity index (χ1) is 8.40. The Morgan fingerprint density at radius 2 is 1.71 bits per heavy atom. The van der Waals surface area contributed by atoms with Gasteiger partial charge in [-0.05, 0) is 24.3 Å². The molecule has 0 aliphatic rings. The number of benzene rings is 2. The summed E-state index contributed by atoms with van der Waals surface area (Å²) in [4.78, 5) is 0. The molecule has 86 valence electrons. The van der Waals surface area contributed by atoms with Crippen LogP contribution in [0.25, 0.3) is 0 Å². The first kappa shape index (κ1) is 11.3. The van der Waals surface area contributed by atoms with Gasteiger partial charge in [-0.1, -0.05) is 36.4 Å². The van der Waals surface area contributed by atoms with Gasteiger partial charge in [0.15, 0.2) is 5.75 Å². The highest BCUT2D eigenvalue weighted by Gasteiger charge is 2.02. The second kappa shape index (κ2) is 5.75. The molecule has 1 N–H and O–H groups in total. The van der Waals surface area contributed by atoms with Gasteiger partial charge in [0, 0.05) is 6.54 Å². The van der Waals surface area contributed by atoms with E-state index in [2.05, 4.69) is 11.9 Å². The van der Waals surface area contributed by atoms with Crippen molar-refractivity contribution < 1.29 is 4.74 Å². The van der Waals surface area contributed by atoms with Crippen molar-refractivity contribution in [3.63, 3.8) is 0 Å². The van der Waals surface area contributed by atoms with Gasteiger partial charge in [-0.25, -0.2) is 0 Å². The van der Waals surface area contributed by atoms with E-state index >= 15 is 0 Å². The molecule has 0 spiro atoms. The lowest BCUT2D eigenvalue weighted by Crippen LogP contribution is -1.99. The monoisotopic (exact) mass is 225 g/mol. The van der Waals surface area contributed by atoms with Crippen LogP contribution < -0.4 is 10.1 Å². The Labute approximate surface area is 102 Å². The molecule has 2 rings (SSSR count).